The van der Waals surface area contributed by atoms with Gasteiger partial charge in [0.25, 0.3) is 5.91 Å². The zero-order valence-corrected chi connectivity index (χ0v) is 13.8. The van der Waals surface area contributed by atoms with E-state index in [4.69, 9.17) is 27.6 Å². The number of likely N-dealkylation sites (tertiary alicyclic amines) is 1. The molecule has 7 heteroatoms. The molecule has 122 valence electrons. The maximum atomic E-state index is 13.7. The fourth-order valence-corrected chi connectivity index (χ4v) is 3.28. The van der Waals surface area contributed by atoms with E-state index in [0.717, 1.165) is 37.5 Å². The van der Waals surface area contributed by atoms with Crippen LogP contribution in [-0.4, -0.2) is 22.3 Å². The van der Waals surface area contributed by atoms with Gasteiger partial charge >= 0.3 is 0 Å². The maximum Gasteiger partial charge on any atom is 0.257 e. The normalized spacial score (nSPS) is 18.7. The first kappa shape index (κ1) is 16.3. The van der Waals surface area contributed by atoms with Crippen LogP contribution < -0.4 is 0 Å². The van der Waals surface area contributed by atoms with Crippen LogP contribution in [0.4, 0.5) is 4.39 Å². The summed E-state index contributed by atoms with van der Waals surface area (Å²) in [6, 6.07) is 4.50. The molecule has 0 saturated carbocycles. The first-order valence-corrected chi connectivity index (χ1v) is 8.19. The maximum absolute atomic E-state index is 13.7. The van der Waals surface area contributed by atoms with Gasteiger partial charge in [-0.25, -0.2) is 9.37 Å². The van der Waals surface area contributed by atoms with Crippen molar-refractivity contribution in [1.82, 2.24) is 9.88 Å². The van der Waals surface area contributed by atoms with E-state index in [1.807, 2.05) is 6.07 Å². The molecule has 4 nitrogen and oxygen atoms in total. The van der Waals surface area contributed by atoms with E-state index >= 15 is 0 Å². The highest BCUT2D eigenvalue weighted by molar-refractivity contribution is 6.34. The molecule has 1 aliphatic rings. The summed E-state index contributed by atoms with van der Waals surface area (Å²) < 4.78 is 19.2. The van der Waals surface area contributed by atoms with Crippen LogP contribution in [0.5, 0.6) is 0 Å². The van der Waals surface area contributed by atoms with Crippen LogP contribution in [0.3, 0.4) is 0 Å². The molecule has 0 spiro atoms. The monoisotopic (exact) mass is 356 g/mol. The second-order valence-electron chi connectivity index (χ2n) is 5.48. The molecule has 0 radical (unpaired) electrons. The van der Waals surface area contributed by atoms with Crippen molar-refractivity contribution >= 4 is 29.1 Å². The lowest BCUT2D eigenvalue weighted by Gasteiger charge is -2.29. The number of halogens is 3. The number of amides is 1. The van der Waals surface area contributed by atoms with Gasteiger partial charge in [-0.3, -0.25) is 4.79 Å². The van der Waals surface area contributed by atoms with E-state index < -0.39 is 5.82 Å². The van der Waals surface area contributed by atoms with Crippen molar-refractivity contribution in [2.24, 2.45) is 0 Å². The van der Waals surface area contributed by atoms with Crippen molar-refractivity contribution in [1.29, 1.82) is 0 Å². The van der Waals surface area contributed by atoms with Crippen molar-refractivity contribution in [3.05, 3.63) is 51.9 Å². The number of nitrogens with zero attached hydrogens (tertiary/aromatic N) is 2. The fourth-order valence-electron chi connectivity index (χ4n) is 2.88. The van der Waals surface area contributed by atoms with E-state index in [2.05, 4.69) is 4.98 Å². The molecular weight excluding hydrogens is 342 g/mol. The lowest BCUT2D eigenvalue weighted by atomic mass is 10.1. The molecule has 1 amide bonds. The summed E-state index contributed by atoms with van der Waals surface area (Å²) in [6.07, 6.45) is 5.28. The van der Waals surface area contributed by atoms with Crippen molar-refractivity contribution in [2.75, 3.05) is 6.54 Å². The van der Waals surface area contributed by atoms with E-state index in [-0.39, 0.29) is 27.8 Å². The smallest absolute Gasteiger partial charge is 0.257 e. The molecular formula is C16H15Cl2FN2O2. The second kappa shape index (κ2) is 6.89. The van der Waals surface area contributed by atoms with Gasteiger partial charge in [0.1, 0.15) is 10.9 Å². The molecule has 0 N–H and O–H groups in total. The zero-order valence-electron chi connectivity index (χ0n) is 12.3. The SMILES string of the molecule is O=C(c1cc(F)c(Cl)nc1Cl)N1CCCCC[C@@H]1c1ccco1. The Morgan fingerprint density at radius 1 is 1.30 bits per heavy atom. The quantitative estimate of drug-likeness (QED) is 0.720. The van der Waals surface area contributed by atoms with Crippen LogP contribution in [0, 0.1) is 5.82 Å². The average molecular weight is 357 g/mol. The van der Waals surface area contributed by atoms with Gasteiger partial charge in [0.15, 0.2) is 11.0 Å². The number of aromatic nitrogens is 1. The fraction of sp³-hybridized carbons (Fsp3) is 0.375. The van der Waals surface area contributed by atoms with Crippen LogP contribution >= 0.6 is 23.2 Å². The minimum absolute atomic E-state index is 0.0204. The highest BCUT2D eigenvalue weighted by Gasteiger charge is 2.31. The summed E-state index contributed by atoms with van der Waals surface area (Å²) in [5.41, 5.74) is 0.0204. The van der Waals surface area contributed by atoms with Crippen molar-refractivity contribution in [2.45, 2.75) is 31.7 Å². The summed E-state index contributed by atoms with van der Waals surface area (Å²) in [6.45, 7) is 0.560. The minimum atomic E-state index is -0.760. The first-order chi connectivity index (χ1) is 11.1. The molecule has 1 saturated heterocycles. The van der Waals surface area contributed by atoms with E-state index in [9.17, 15) is 9.18 Å². The summed E-state index contributed by atoms with van der Waals surface area (Å²) in [4.78, 5) is 18.3. The van der Waals surface area contributed by atoms with Gasteiger partial charge in [0, 0.05) is 6.54 Å². The standard InChI is InChI=1S/C16H15Cl2FN2O2/c17-14-10(9-11(19)15(18)20-14)16(22)21-7-3-1-2-5-12(21)13-6-4-8-23-13/h4,6,8-9,12H,1-3,5,7H2/t12-/m1/s1. The summed E-state index contributed by atoms with van der Waals surface area (Å²) in [7, 11) is 0. The third kappa shape index (κ3) is 3.35. The Labute approximate surface area is 143 Å². The predicted molar refractivity (Wildman–Crippen MR) is 85.2 cm³/mol. The van der Waals surface area contributed by atoms with Gasteiger partial charge < -0.3 is 9.32 Å². The molecule has 1 fully saturated rings. The topological polar surface area (TPSA) is 46.3 Å². The Hall–Kier alpha value is -1.59. The van der Waals surface area contributed by atoms with Gasteiger partial charge in [-0.1, -0.05) is 36.0 Å². The van der Waals surface area contributed by atoms with E-state index in [1.54, 1.807) is 17.2 Å². The lowest BCUT2D eigenvalue weighted by Crippen LogP contribution is -2.35. The largest absolute Gasteiger partial charge is 0.467 e. The number of carbonyl (C=O) groups is 1. The number of furan rings is 1. The summed E-state index contributed by atoms with van der Waals surface area (Å²) in [5, 5.41) is -0.436. The Balaban J connectivity index is 1.96. The van der Waals surface area contributed by atoms with Gasteiger partial charge in [0.2, 0.25) is 0 Å². The Morgan fingerprint density at radius 2 is 2.13 bits per heavy atom. The number of carbonyl (C=O) groups excluding carboxylic acids is 1. The molecule has 1 aliphatic heterocycles. The first-order valence-electron chi connectivity index (χ1n) is 7.44. The Morgan fingerprint density at radius 3 is 2.87 bits per heavy atom. The number of hydrogen-bond donors (Lipinski definition) is 0. The molecule has 0 aliphatic carbocycles. The van der Waals surface area contributed by atoms with Gasteiger partial charge in [0.05, 0.1) is 17.9 Å². The predicted octanol–water partition coefficient (Wildman–Crippen LogP) is 4.88. The number of pyridine rings is 1. The molecule has 2 aromatic rings. The van der Waals surface area contributed by atoms with Crippen molar-refractivity contribution in [3.63, 3.8) is 0 Å². The van der Waals surface area contributed by atoms with E-state index in [0.29, 0.717) is 6.54 Å². The Kier molecular flexibility index (Phi) is 4.87. The van der Waals surface area contributed by atoms with Crippen molar-refractivity contribution < 1.29 is 13.6 Å². The van der Waals surface area contributed by atoms with Crippen LogP contribution in [-0.2, 0) is 0 Å². The minimum Gasteiger partial charge on any atom is -0.467 e. The third-order valence-corrected chi connectivity index (χ3v) is 4.56. The summed E-state index contributed by atoms with van der Waals surface area (Å²) in [5.74, 6) is -0.399. The summed E-state index contributed by atoms with van der Waals surface area (Å²) >= 11 is 11.6. The van der Waals surface area contributed by atoms with Crippen LogP contribution in [0.25, 0.3) is 0 Å². The number of hydrogen-bond acceptors (Lipinski definition) is 3. The highest BCUT2D eigenvalue weighted by Crippen LogP contribution is 2.33. The van der Waals surface area contributed by atoms with Gasteiger partial charge in [-0.2, -0.15) is 0 Å². The molecule has 0 aromatic carbocycles. The molecule has 2 aromatic heterocycles. The van der Waals surface area contributed by atoms with Crippen LogP contribution in [0.2, 0.25) is 10.3 Å². The zero-order chi connectivity index (χ0) is 16.4. The molecule has 23 heavy (non-hydrogen) atoms. The third-order valence-electron chi connectivity index (χ3n) is 4.00. The number of rotatable bonds is 2. The second-order valence-corrected chi connectivity index (χ2v) is 6.19. The van der Waals surface area contributed by atoms with E-state index in [1.165, 1.54) is 0 Å². The van der Waals surface area contributed by atoms with Crippen LogP contribution in [0.15, 0.2) is 28.9 Å². The molecule has 0 bridgehead atoms. The molecule has 0 unspecified atom stereocenters. The van der Waals surface area contributed by atoms with Crippen molar-refractivity contribution in [3.8, 4) is 0 Å². The van der Waals surface area contributed by atoms with Gasteiger partial charge in [-0.15, -0.1) is 0 Å². The molecule has 3 heterocycles. The molecule has 1 atom stereocenters. The Bertz CT molecular complexity index is 706. The highest BCUT2D eigenvalue weighted by atomic mass is 35.5. The lowest BCUT2D eigenvalue weighted by molar-refractivity contribution is 0.0657. The molecule has 3 rings (SSSR count). The van der Waals surface area contributed by atoms with Gasteiger partial charge in [-0.05, 0) is 31.0 Å². The van der Waals surface area contributed by atoms with Crippen LogP contribution in [0.1, 0.15) is 47.8 Å². The average Bonchev–Trinajstić information content (AvgIpc) is 2.95.